The highest BCUT2D eigenvalue weighted by Gasteiger charge is 2.27. The van der Waals surface area contributed by atoms with Crippen molar-refractivity contribution in [1.82, 2.24) is 10.2 Å². The molecule has 3 N–H and O–H groups in total. The minimum absolute atomic E-state index is 0.150. The predicted molar refractivity (Wildman–Crippen MR) is 46.6 cm³/mol. The van der Waals surface area contributed by atoms with Gasteiger partial charge in [-0.2, -0.15) is 5.10 Å². The van der Waals surface area contributed by atoms with E-state index in [4.69, 9.17) is 5.14 Å². The van der Waals surface area contributed by atoms with E-state index in [0.717, 1.165) is 19.3 Å². The number of aromatic amines is 1. The quantitative estimate of drug-likeness (QED) is 0.722. The Morgan fingerprint density at radius 2 is 2.23 bits per heavy atom. The van der Waals surface area contributed by atoms with Gasteiger partial charge in [0.2, 0.25) is 10.0 Å². The van der Waals surface area contributed by atoms with E-state index in [-0.39, 0.29) is 4.90 Å². The fourth-order valence-electron chi connectivity index (χ4n) is 1.50. The second-order valence-electron chi connectivity index (χ2n) is 3.32. The van der Waals surface area contributed by atoms with Crippen molar-refractivity contribution in [2.24, 2.45) is 5.14 Å². The highest BCUT2D eigenvalue weighted by atomic mass is 32.2. The Kier molecular flexibility index (Phi) is 1.88. The molecule has 2 rings (SSSR count). The van der Waals surface area contributed by atoms with E-state index in [1.165, 1.54) is 6.20 Å². The number of hydrogen-bond acceptors (Lipinski definition) is 3. The molecule has 0 atom stereocenters. The van der Waals surface area contributed by atoms with Gasteiger partial charge in [-0.15, -0.1) is 0 Å². The molecule has 0 spiro atoms. The van der Waals surface area contributed by atoms with Crippen molar-refractivity contribution in [2.75, 3.05) is 0 Å². The number of sulfonamides is 1. The molecule has 0 amide bonds. The third-order valence-corrected chi connectivity index (χ3v) is 3.39. The van der Waals surface area contributed by atoms with Crippen molar-refractivity contribution in [3.63, 3.8) is 0 Å². The van der Waals surface area contributed by atoms with Crippen molar-refractivity contribution in [3.8, 4) is 0 Å². The van der Waals surface area contributed by atoms with Gasteiger partial charge in [-0.3, -0.25) is 5.10 Å². The predicted octanol–water partition coefficient (Wildman–Crippen LogP) is 0.325. The van der Waals surface area contributed by atoms with Crippen molar-refractivity contribution in [1.29, 1.82) is 0 Å². The largest absolute Gasteiger partial charge is 0.281 e. The average molecular weight is 201 g/mol. The Hall–Kier alpha value is -0.880. The third kappa shape index (κ3) is 1.47. The summed E-state index contributed by atoms with van der Waals surface area (Å²) in [5.41, 5.74) is 0.675. The van der Waals surface area contributed by atoms with Crippen LogP contribution in [0.15, 0.2) is 11.1 Å². The molecule has 1 aromatic rings. The SMILES string of the molecule is NS(=O)(=O)c1cn[nH]c1C1CCC1. The Labute approximate surface area is 76.4 Å². The van der Waals surface area contributed by atoms with Crippen LogP contribution in [0.5, 0.6) is 0 Å². The van der Waals surface area contributed by atoms with Crippen molar-refractivity contribution >= 4 is 10.0 Å². The van der Waals surface area contributed by atoms with E-state index in [1.807, 2.05) is 0 Å². The van der Waals surface area contributed by atoms with Gasteiger partial charge < -0.3 is 0 Å². The maximum atomic E-state index is 11.1. The number of nitrogens with two attached hydrogens (primary N) is 1. The van der Waals surface area contributed by atoms with Gasteiger partial charge in [0.1, 0.15) is 4.90 Å². The molecular formula is C7H11N3O2S. The maximum Gasteiger partial charge on any atom is 0.241 e. The lowest BCUT2D eigenvalue weighted by atomic mass is 9.83. The summed E-state index contributed by atoms with van der Waals surface area (Å²) in [4.78, 5) is 0.150. The number of primary sulfonamides is 1. The normalized spacial score (nSPS) is 18.5. The number of nitrogens with zero attached hydrogens (tertiary/aromatic N) is 1. The fourth-order valence-corrected chi connectivity index (χ4v) is 2.22. The lowest BCUT2D eigenvalue weighted by molar-refractivity contribution is 0.405. The molecule has 1 aliphatic carbocycles. The molecule has 0 unspecified atom stereocenters. The molecule has 1 fully saturated rings. The van der Waals surface area contributed by atoms with Gasteiger partial charge in [-0.05, 0) is 12.8 Å². The molecule has 6 heteroatoms. The highest BCUT2D eigenvalue weighted by molar-refractivity contribution is 7.89. The standard InChI is InChI=1S/C7H11N3O2S/c8-13(11,12)6-4-9-10-7(6)5-2-1-3-5/h4-5H,1-3H2,(H,9,10)(H2,8,11,12). The van der Waals surface area contributed by atoms with Crippen molar-refractivity contribution < 1.29 is 8.42 Å². The first kappa shape index (κ1) is 8.71. The molecule has 1 aromatic heterocycles. The zero-order valence-electron chi connectivity index (χ0n) is 7.03. The summed E-state index contributed by atoms with van der Waals surface area (Å²) in [5.74, 6) is 0.302. The second kappa shape index (κ2) is 2.81. The zero-order chi connectivity index (χ0) is 9.47. The van der Waals surface area contributed by atoms with Crippen molar-refractivity contribution in [3.05, 3.63) is 11.9 Å². The van der Waals surface area contributed by atoms with E-state index < -0.39 is 10.0 Å². The number of H-pyrrole nitrogens is 1. The molecule has 1 saturated carbocycles. The number of rotatable bonds is 2. The van der Waals surface area contributed by atoms with Crippen LogP contribution in [0.25, 0.3) is 0 Å². The first-order valence-corrected chi connectivity index (χ1v) is 5.70. The summed E-state index contributed by atoms with van der Waals surface area (Å²) in [5, 5.41) is 11.4. The molecule has 1 aliphatic rings. The minimum Gasteiger partial charge on any atom is -0.281 e. The molecule has 13 heavy (non-hydrogen) atoms. The van der Waals surface area contributed by atoms with E-state index in [0.29, 0.717) is 11.6 Å². The molecular weight excluding hydrogens is 190 g/mol. The summed E-state index contributed by atoms with van der Waals surface area (Å²) in [7, 11) is -3.61. The third-order valence-electron chi connectivity index (χ3n) is 2.45. The number of hydrogen-bond donors (Lipinski definition) is 2. The Balaban J connectivity index is 2.41. The van der Waals surface area contributed by atoms with Gasteiger partial charge in [0, 0.05) is 5.92 Å². The zero-order valence-corrected chi connectivity index (χ0v) is 7.84. The van der Waals surface area contributed by atoms with E-state index in [1.54, 1.807) is 0 Å². The lowest BCUT2D eigenvalue weighted by Gasteiger charge is -2.24. The highest BCUT2D eigenvalue weighted by Crippen LogP contribution is 2.37. The second-order valence-corrected chi connectivity index (χ2v) is 4.85. The molecule has 0 bridgehead atoms. The monoisotopic (exact) mass is 201 g/mol. The summed E-state index contributed by atoms with van der Waals surface area (Å²) in [6.07, 6.45) is 4.46. The van der Waals surface area contributed by atoms with E-state index in [9.17, 15) is 8.42 Å². The van der Waals surface area contributed by atoms with Crippen LogP contribution < -0.4 is 5.14 Å². The molecule has 5 nitrogen and oxygen atoms in total. The van der Waals surface area contributed by atoms with Crippen LogP contribution in [-0.2, 0) is 10.0 Å². The van der Waals surface area contributed by atoms with Crippen LogP contribution >= 0.6 is 0 Å². The maximum absolute atomic E-state index is 11.1. The van der Waals surface area contributed by atoms with Gasteiger partial charge in [-0.25, -0.2) is 13.6 Å². The van der Waals surface area contributed by atoms with Crippen LogP contribution in [0.1, 0.15) is 30.9 Å². The first-order chi connectivity index (χ1) is 6.09. The van der Waals surface area contributed by atoms with Gasteiger partial charge in [0.05, 0.1) is 11.9 Å². The molecule has 1 heterocycles. The molecule has 72 valence electrons. The Bertz CT molecular complexity index is 405. The summed E-state index contributed by atoms with van der Waals surface area (Å²) < 4.78 is 22.2. The molecule has 0 aliphatic heterocycles. The van der Waals surface area contributed by atoms with Crippen LogP contribution in [0.4, 0.5) is 0 Å². The summed E-state index contributed by atoms with van der Waals surface area (Å²) >= 11 is 0. The van der Waals surface area contributed by atoms with Crippen LogP contribution in [-0.4, -0.2) is 18.6 Å². The topological polar surface area (TPSA) is 88.8 Å². The average Bonchev–Trinajstić information content (AvgIpc) is 2.29. The lowest BCUT2D eigenvalue weighted by Crippen LogP contribution is -2.17. The number of aromatic nitrogens is 2. The van der Waals surface area contributed by atoms with Gasteiger partial charge in [-0.1, -0.05) is 6.42 Å². The minimum atomic E-state index is -3.61. The van der Waals surface area contributed by atoms with E-state index in [2.05, 4.69) is 10.2 Å². The smallest absolute Gasteiger partial charge is 0.241 e. The van der Waals surface area contributed by atoms with Crippen LogP contribution in [0.2, 0.25) is 0 Å². The van der Waals surface area contributed by atoms with Gasteiger partial charge in [0.15, 0.2) is 0 Å². The Morgan fingerprint density at radius 3 is 2.69 bits per heavy atom. The summed E-state index contributed by atoms with van der Waals surface area (Å²) in [6.45, 7) is 0. The Morgan fingerprint density at radius 1 is 1.54 bits per heavy atom. The molecule has 0 saturated heterocycles. The first-order valence-electron chi connectivity index (χ1n) is 4.15. The fraction of sp³-hybridized carbons (Fsp3) is 0.571. The van der Waals surface area contributed by atoms with Gasteiger partial charge in [0.25, 0.3) is 0 Å². The number of nitrogens with one attached hydrogen (secondary N) is 1. The van der Waals surface area contributed by atoms with Crippen molar-refractivity contribution in [2.45, 2.75) is 30.1 Å². The van der Waals surface area contributed by atoms with Crippen LogP contribution in [0.3, 0.4) is 0 Å². The van der Waals surface area contributed by atoms with Crippen LogP contribution in [0, 0.1) is 0 Å². The van der Waals surface area contributed by atoms with E-state index >= 15 is 0 Å². The molecule has 0 aromatic carbocycles. The van der Waals surface area contributed by atoms with Gasteiger partial charge >= 0.3 is 0 Å². The molecule has 0 radical (unpaired) electrons. The summed E-state index contributed by atoms with van der Waals surface area (Å²) in [6, 6.07) is 0.